The van der Waals surface area contributed by atoms with Gasteiger partial charge in [0.2, 0.25) is 0 Å². The van der Waals surface area contributed by atoms with Gasteiger partial charge >= 0.3 is 5.97 Å². The first-order valence-electron chi connectivity index (χ1n) is 9.76. The molecular weight excluding hydrogens is 368 g/mol. The minimum atomic E-state index is -0.483. The monoisotopic (exact) mass is 390 g/mol. The summed E-state index contributed by atoms with van der Waals surface area (Å²) in [4.78, 5) is 29.7. The van der Waals surface area contributed by atoms with Crippen LogP contribution in [-0.2, 0) is 22.4 Å². The maximum Gasteiger partial charge on any atom is 0.339 e. The van der Waals surface area contributed by atoms with E-state index in [9.17, 15) is 9.59 Å². The summed E-state index contributed by atoms with van der Waals surface area (Å²) in [5, 5.41) is 3.49. The quantitative estimate of drug-likeness (QED) is 0.646. The maximum atomic E-state index is 12.8. The van der Waals surface area contributed by atoms with Crippen LogP contribution in [0.2, 0.25) is 0 Å². The molecule has 1 aliphatic carbocycles. The molecule has 6 nitrogen and oxygen atoms in total. The van der Waals surface area contributed by atoms with Crippen LogP contribution in [0.5, 0.6) is 5.75 Å². The zero-order valence-corrected chi connectivity index (χ0v) is 16.2. The average molecular weight is 390 g/mol. The van der Waals surface area contributed by atoms with Crippen molar-refractivity contribution >= 4 is 28.5 Å². The summed E-state index contributed by atoms with van der Waals surface area (Å²) in [6.45, 7) is 2.14. The third-order valence-corrected chi connectivity index (χ3v) is 4.91. The molecule has 4 rings (SSSR count). The van der Waals surface area contributed by atoms with Crippen molar-refractivity contribution in [2.75, 3.05) is 18.5 Å². The molecule has 0 spiro atoms. The molecular formula is C23H22N2O4. The van der Waals surface area contributed by atoms with E-state index in [1.54, 1.807) is 24.3 Å². The van der Waals surface area contributed by atoms with Crippen molar-refractivity contribution in [3.8, 4) is 5.75 Å². The van der Waals surface area contributed by atoms with Gasteiger partial charge in [-0.3, -0.25) is 9.78 Å². The second-order valence-corrected chi connectivity index (χ2v) is 6.86. The molecule has 0 fully saturated rings. The number of esters is 1. The van der Waals surface area contributed by atoms with Crippen LogP contribution in [0.25, 0.3) is 10.9 Å². The normalized spacial score (nSPS) is 12.4. The van der Waals surface area contributed by atoms with Crippen LogP contribution in [0.15, 0.2) is 48.5 Å². The fourth-order valence-electron chi connectivity index (χ4n) is 3.65. The lowest BCUT2D eigenvalue weighted by molar-refractivity contribution is -0.119. The van der Waals surface area contributed by atoms with Gasteiger partial charge in [0, 0.05) is 16.8 Å². The van der Waals surface area contributed by atoms with Gasteiger partial charge in [-0.15, -0.1) is 0 Å². The molecule has 0 atom stereocenters. The zero-order chi connectivity index (χ0) is 20.2. The second-order valence-electron chi connectivity index (χ2n) is 6.86. The number of carbonyl (C=O) groups is 2. The highest BCUT2D eigenvalue weighted by molar-refractivity contribution is 6.06. The fraction of sp³-hybridized carbons (Fsp3) is 0.261. The Bertz CT molecular complexity index is 1060. The number of amides is 1. The van der Waals surface area contributed by atoms with E-state index < -0.39 is 11.9 Å². The number of benzene rings is 2. The highest BCUT2D eigenvalue weighted by atomic mass is 16.5. The van der Waals surface area contributed by atoms with Crippen molar-refractivity contribution in [2.45, 2.75) is 26.2 Å². The number of aromatic nitrogens is 1. The highest BCUT2D eigenvalue weighted by Crippen LogP contribution is 2.30. The Labute approximate surface area is 168 Å². The van der Waals surface area contributed by atoms with Crippen molar-refractivity contribution in [3.63, 3.8) is 0 Å². The Kier molecular flexibility index (Phi) is 5.42. The van der Waals surface area contributed by atoms with E-state index in [-0.39, 0.29) is 6.61 Å². The van der Waals surface area contributed by atoms with Crippen LogP contribution in [0.1, 0.15) is 35.0 Å². The van der Waals surface area contributed by atoms with Crippen molar-refractivity contribution in [3.05, 3.63) is 65.4 Å². The molecule has 2 aromatic carbocycles. The summed E-state index contributed by atoms with van der Waals surface area (Å²) in [5.74, 6) is -0.142. The van der Waals surface area contributed by atoms with Crippen molar-refractivity contribution in [1.82, 2.24) is 4.98 Å². The van der Waals surface area contributed by atoms with Crippen LogP contribution in [0.3, 0.4) is 0 Å². The van der Waals surface area contributed by atoms with E-state index in [4.69, 9.17) is 9.47 Å². The van der Waals surface area contributed by atoms with Gasteiger partial charge in [0.25, 0.3) is 5.91 Å². The number of hydrogen-bond donors (Lipinski definition) is 1. The number of ether oxygens (including phenoxy) is 2. The summed E-state index contributed by atoms with van der Waals surface area (Å²) in [5.41, 5.74) is 3.83. The maximum absolute atomic E-state index is 12.8. The zero-order valence-electron chi connectivity index (χ0n) is 16.2. The molecule has 29 heavy (non-hydrogen) atoms. The first-order chi connectivity index (χ1) is 14.2. The minimum Gasteiger partial charge on any atom is -0.494 e. The van der Waals surface area contributed by atoms with E-state index in [1.807, 2.05) is 31.2 Å². The molecule has 0 saturated carbocycles. The summed E-state index contributed by atoms with van der Waals surface area (Å²) in [6.07, 6.45) is 2.63. The van der Waals surface area contributed by atoms with Crippen LogP contribution >= 0.6 is 0 Å². The standard InChI is InChI=1S/C23H22N2O4/c1-2-28-16-12-10-15(11-13-16)24-21(26)14-29-23(27)22-17-6-3-4-8-19(17)25-20-9-5-7-18(20)22/h3-4,6,8,10-13H,2,5,7,9,14H2,1H3,(H,24,26). The third-order valence-electron chi connectivity index (χ3n) is 4.91. The van der Waals surface area contributed by atoms with E-state index in [0.29, 0.717) is 17.9 Å². The van der Waals surface area contributed by atoms with Gasteiger partial charge < -0.3 is 14.8 Å². The molecule has 1 heterocycles. The number of carbonyl (C=O) groups excluding carboxylic acids is 2. The lowest BCUT2D eigenvalue weighted by atomic mass is 10.0. The van der Waals surface area contributed by atoms with E-state index in [0.717, 1.165) is 47.2 Å². The van der Waals surface area contributed by atoms with Crippen LogP contribution in [0, 0.1) is 0 Å². The Hall–Kier alpha value is -3.41. The first kappa shape index (κ1) is 18.9. The molecule has 3 aromatic rings. The van der Waals surface area contributed by atoms with Crippen molar-refractivity contribution in [2.24, 2.45) is 0 Å². The molecule has 6 heteroatoms. The number of pyridine rings is 1. The van der Waals surface area contributed by atoms with E-state index in [2.05, 4.69) is 10.3 Å². The van der Waals surface area contributed by atoms with Gasteiger partial charge in [-0.25, -0.2) is 4.79 Å². The number of nitrogens with zero attached hydrogens (tertiary/aromatic N) is 1. The predicted molar refractivity (Wildman–Crippen MR) is 110 cm³/mol. The van der Waals surface area contributed by atoms with Gasteiger partial charge in [-0.05, 0) is 62.1 Å². The molecule has 1 aromatic heterocycles. The molecule has 0 radical (unpaired) electrons. The van der Waals surface area contributed by atoms with Crippen molar-refractivity contribution in [1.29, 1.82) is 0 Å². The molecule has 0 saturated heterocycles. The van der Waals surface area contributed by atoms with Gasteiger partial charge in [-0.2, -0.15) is 0 Å². The number of aryl methyl sites for hydroxylation is 1. The fourth-order valence-corrected chi connectivity index (χ4v) is 3.65. The summed E-state index contributed by atoms with van der Waals surface area (Å²) >= 11 is 0. The number of anilines is 1. The van der Waals surface area contributed by atoms with Gasteiger partial charge in [-0.1, -0.05) is 18.2 Å². The summed E-state index contributed by atoms with van der Waals surface area (Å²) in [7, 11) is 0. The molecule has 1 amide bonds. The minimum absolute atomic E-state index is 0.350. The van der Waals surface area contributed by atoms with Crippen LogP contribution < -0.4 is 10.1 Å². The SMILES string of the molecule is CCOc1ccc(NC(=O)COC(=O)c2c3c(nc4ccccc24)CCC3)cc1. The van der Waals surface area contributed by atoms with Gasteiger partial charge in [0.05, 0.1) is 17.7 Å². The van der Waals surface area contributed by atoms with Crippen LogP contribution in [-0.4, -0.2) is 30.1 Å². The number of para-hydroxylation sites is 1. The molecule has 148 valence electrons. The number of nitrogens with one attached hydrogen (secondary N) is 1. The van der Waals surface area contributed by atoms with Gasteiger partial charge in [0.1, 0.15) is 5.75 Å². The summed E-state index contributed by atoms with van der Waals surface area (Å²) < 4.78 is 10.7. The third kappa shape index (κ3) is 4.06. The highest BCUT2D eigenvalue weighted by Gasteiger charge is 2.25. The van der Waals surface area contributed by atoms with Gasteiger partial charge in [0.15, 0.2) is 6.61 Å². The molecule has 1 N–H and O–H groups in total. The molecule has 0 bridgehead atoms. The summed E-state index contributed by atoms with van der Waals surface area (Å²) in [6, 6.07) is 14.6. The number of fused-ring (bicyclic) bond motifs is 2. The second kappa shape index (κ2) is 8.31. The Morgan fingerprint density at radius 1 is 1.07 bits per heavy atom. The molecule has 0 aliphatic heterocycles. The van der Waals surface area contributed by atoms with Crippen LogP contribution in [0.4, 0.5) is 5.69 Å². The molecule has 1 aliphatic rings. The first-order valence-corrected chi connectivity index (χ1v) is 9.76. The van der Waals surface area contributed by atoms with E-state index >= 15 is 0 Å². The largest absolute Gasteiger partial charge is 0.494 e. The van der Waals surface area contributed by atoms with Crippen molar-refractivity contribution < 1.29 is 19.1 Å². The van der Waals surface area contributed by atoms with E-state index in [1.165, 1.54) is 0 Å². The topological polar surface area (TPSA) is 77.5 Å². The number of hydrogen-bond acceptors (Lipinski definition) is 5. The lowest BCUT2D eigenvalue weighted by Crippen LogP contribution is -2.21. The molecule has 0 unspecified atom stereocenters. The predicted octanol–water partition coefficient (Wildman–Crippen LogP) is 3.92. The smallest absolute Gasteiger partial charge is 0.339 e. The average Bonchev–Trinajstić information content (AvgIpc) is 3.20. The Morgan fingerprint density at radius 3 is 2.66 bits per heavy atom. The Morgan fingerprint density at radius 2 is 1.86 bits per heavy atom. The lowest BCUT2D eigenvalue weighted by Gasteiger charge is -2.12. The Balaban J connectivity index is 1.45. The number of rotatable bonds is 6.